The first-order valence-electron chi connectivity index (χ1n) is 5.95. The normalized spacial score (nSPS) is 12.3. The molecular formula is C13H19NO3S. The van der Waals surface area contributed by atoms with Gasteiger partial charge < -0.3 is 10.2 Å². The molecule has 1 rings (SSSR count). The second-order valence-electron chi connectivity index (χ2n) is 3.83. The van der Waals surface area contributed by atoms with Gasteiger partial charge in [0.2, 0.25) is 0 Å². The number of carbonyl (C=O) groups is 1. The van der Waals surface area contributed by atoms with Crippen LogP contribution in [0.15, 0.2) is 30.3 Å². The van der Waals surface area contributed by atoms with E-state index in [1.807, 2.05) is 30.3 Å². The van der Waals surface area contributed by atoms with Crippen LogP contribution in [-0.4, -0.2) is 40.8 Å². The molecule has 0 heterocycles. The molecule has 1 aromatic rings. The van der Waals surface area contributed by atoms with Crippen LogP contribution in [0.3, 0.4) is 0 Å². The van der Waals surface area contributed by atoms with Crippen LogP contribution in [0.4, 0.5) is 0 Å². The van der Waals surface area contributed by atoms with Gasteiger partial charge >= 0.3 is 5.97 Å². The SMILES string of the molecule is O=C(O)C(NCCSCCCO)c1ccccc1. The van der Waals surface area contributed by atoms with Gasteiger partial charge in [0.05, 0.1) is 0 Å². The third kappa shape index (κ3) is 5.53. The van der Waals surface area contributed by atoms with E-state index in [0.29, 0.717) is 6.54 Å². The van der Waals surface area contributed by atoms with Crippen LogP contribution in [0.25, 0.3) is 0 Å². The van der Waals surface area contributed by atoms with Crippen molar-refractivity contribution in [2.24, 2.45) is 0 Å². The number of aliphatic hydroxyl groups is 1. The summed E-state index contributed by atoms with van der Waals surface area (Å²) in [6, 6.07) is 8.51. The minimum absolute atomic E-state index is 0.211. The number of aliphatic carboxylic acids is 1. The number of hydrogen-bond acceptors (Lipinski definition) is 4. The van der Waals surface area contributed by atoms with Gasteiger partial charge in [0, 0.05) is 18.9 Å². The number of rotatable bonds is 9. The summed E-state index contributed by atoms with van der Waals surface area (Å²) in [5.41, 5.74) is 0.769. The van der Waals surface area contributed by atoms with Crippen LogP contribution >= 0.6 is 11.8 Å². The maximum Gasteiger partial charge on any atom is 0.325 e. The maximum absolute atomic E-state index is 11.2. The molecule has 1 unspecified atom stereocenters. The van der Waals surface area contributed by atoms with Crippen LogP contribution in [-0.2, 0) is 4.79 Å². The van der Waals surface area contributed by atoms with Crippen LogP contribution in [0.2, 0.25) is 0 Å². The molecule has 0 spiro atoms. The molecule has 18 heavy (non-hydrogen) atoms. The zero-order chi connectivity index (χ0) is 13.2. The number of benzene rings is 1. The fourth-order valence-electron chi connectivity index (χ4n) is 1.54. The summed E-state index contributed by atoms with van der Waals surface area (Å²) < 4.78 is 0. The van der Waals surface area contributed by atoms with E-state index in [1.165, 1.54) is 0 Å². The molecule has 0 bridgehead atoms. The summed E-state index contributed by atoms with van der Waals surface area (Å²) in [6.45, 7) is 0.851. The highest BCUT2D eigenvalue weighted by Gasteiger charge is 2.17. The fourth-order valence-corrected chi connectivity index (χ4v) is 2.34. The van der Waals surface area contributed by atoms with Crippen LogP contribution in [0, 0.1) is 0 Å². The molecule has 1 atom stereocenters. The van der Waals surface area contributed by atoms with E-state index in [9.17, 15) is 4.79 Å². The zero-order valence-electron chi connectivity index (χ0n) is 10.2. The van der Waals surface area contributed by atoms with Crippen molar-refractivity contribution in [3.05, 3.63) is 35.9 Å². The van der Waals surface area contributed by atoms with E-state index in [1.54, 1.807) is 11.8 Å². The summed E-state index contributed by atoms with van der Waals surface area (Å²) >= 11 is 1.71. The summed E-state index contributed by atoms with van der Waals surface area (Å²) in [5.74, 6) is 0.888. The number of nitrogens with one attached hydrogen (secondary N) is 1. The first-order valence-corrected chi connectivity index (χ1v) is 7.11. The Bertz CT molecular complexity index is 345. The van der Waals surface area contributed by atoms with Crippen molar-refractivity contribution < 1.29 is 15.0 Å². The Morgan fingerprint density at radius 3 is 2.61 bits per heavy atom. The lowest BCUT2D eigenvalue weighted by atomic mass is 10.1. The Balaban J connectivity index is 2.34. The Hall–Kier alpha value is -1.04. The smallest absolute Gasteiger partial charge is 0.325 e. The Labute approximate surface area is 111 Å². The number of carboxylic acid groups (broad SMARTS) is 1. The highest BCUT2D eigenvalue weighted by molar-refractivity contribution is 7.99. The maximum atomic E-state index is 11.2. The molecular weight excluding hydrogens is 250 g/mol. The van der Waals surface area contributed by atoms with Crippen molar-refractivity contribution in [2.75, 3.05) is 24.7 Å². The highest BCUT2D eigenvalue weighted by Crippen LogP contribution is 2.12. The molecule has 0 aromatic heterocycles. The lowest BCUT2D eigenvalue weighted by molar-refractivity contribution is -0.139. The molecule has 0 amide bonds. The van der Waals surface area contributed by atoms with Gasteiger partial charge in [0.1, 0.15) is 6.04 Å². The van der Waals surface area contributed by atoms with Gasteiger partial charge in [-0.25, -0.2) is 0 Å². The Morgan fingerprint density at radius 2 is 2.00 bits per heavy atom. The van der Waals surface area contributed by atoms with Crippen LogP contribution in [0.1, 0.15) is 18.0 Å². The quantitative estimate of drug-likeness (QED) is 0.593. The summed E-state index contributed by atoms with van der Waals surface area (Å²) in [7, 11) is 0. The van der Waals surface area contributed by atoms with Gasteiger partial charge in [-0.15, -0.1) is 0 Å². The standard InChI is InChI=1S/C13H19NO3S/c15-8-4-9-18-10-7-14-12(13(16)17)11-5-2-1-3-6-11/h1-3,5-6,12,14-15H,4,7-10H2,(H,16,17). The van der Waals surface area contributed by atoms with E-state index < -0.39 is 12.0 Å². The van der Waals surface area contributed by atoms with E-state index >= 15 is 0 Å². The minimum Gasteiger partial charge on any atom is -0.480 e. The summed E-state index contributed by atoms with van der Waals surface area (Å²) in [4.78, 5) is 11.2. The number of hydrogen-bond donors (Lipinski definition) is 3. The molecule has 0 aliphatic rings. The van der Waals surface area contributed by atoms with Crippen molar-refractivity contribution in [2.45, 2.75) is 12.5 Å². The van der Waals surface area contributed by atoms with E-state index in [0.717, 1.165) is 23.5 Å². The van der Waals surface area contributed by atoms with Crippen molar-refractivity contribution in [3.8, 4) is 0 Å². The van der Waals surface area contributed by atoms with E-state index in [-0.39, 0.29) is 6.61 Å². The third-order valence-electron chi connectivity index (χ3n) is 2.42. The number of thioether (sulfide) groups is 1. The molecule has 0 aliphatic carbocycles. The van der Waals surface area contributed by atoms with Gasteiger partial charge in [-0.3, -0.25) is 10.1 Å². The molecule has 0 saturated heterocycles. The van der Waals surface area contributed by atoms with Crippen molar-refractivity contribution in [1.29, 1.82) is 0 Å². The van der Waals surface area contributed by atoms with E-state index in [2.05, 4.69) is 5.32 Å². The topological polar surface area (TPSA) is 69.6 Å². The molecule has 0 fully saturated rings. The first-order chi connectivity index (χ1) is 8.75. The lowest BCUT2D eigenvalue weighted by Crippen LogP contribution is -2.30. The largest absolute Gasteiger partial charge is 0.480 e. The van der Waals surface area contributed by atoms with Crippen molar-refractivity contribution in [1.82, 2.24) is 5.32 Å². The molecule has 3 N–H and O–H groups in total. The summed E-state index contributed by atoms with van der Waals surface area (Å²) in [5, 5.41) is 20.8. The predicted molar refractivity (Wildman–Crippen MR) is 73.8 cm³/mol. The monoisotopic (exact) mass is 269 g/mol. The lowest BCUT2D eigenvalue weighted by Gasteiger charge is -2.14. The average molecular weight is 269 g/mol. The number of carboxylic acids is 1. The molecule has 4 nitrogen and oxygen atoms in total. The zero-order valence-corrected chi connectivity index (χ0v) is 11.0. The molecule has 100 valence electrons. The van der Waals surface area contributed by atoms with Gasteiger partial charge in [-0.2, -0.15) is 11.8 Å². The average Bonchev–Trinajstić information content (AvgIpc) is 2.38. The third-order valence-corrected chi connectivity index (χ3v) is 3.49. The highest BCUT2D eigenvalue weighted by atomic mass is 32.2. The van der Waals surface area contributed by atoms with Crippen LogP contribution in [0.5, 0.6) is 0 Å². The number of aliphatic hydroxyl groups excluding tert-OH is 1. The van der Waals surface area contributed by atoms with Gasteiger partial charge in [0.25, 0.3) is 0 Å². The van der Waals surface area contributed by atoms with Crippen LogP contribution < -0.4 is 5.32 Å². The Kier molecular flexibility index (Phi) is 7.48. The minimum atomic E-state index is -0.860. The van der Waals surface area contributed by atoms with E-state index in [4.69, 9.17) is 10.2 Å². The molecule has 1 aromatic carbocycles. The second-order valence-corrected chi connectivity index (χ2v) is 5.05. The van der Waals surface area contributed by atoms with Gasteiger partial charge in [0.15, 0.2) is 0 Å². The van der Waals surface area contributed by atoms with Crippen molar-refractivity contribution in [3.63, 3.8) is 0 Å². The molecule has 0 saturated carbocycles. The Morgan fingerprint density at radius 1 is 1.28 bits per heavy atom. The predicted octanol–water partition coefficient (Wildman–Crippen LogP) is 1.52. The summed E-state index contributed by atoms with van der Waals surface area (Å²) in [6.07, 6.45) is 0.783. The first kappa shape index (κ1) is 15.0. The second kappa shape index (κ2) is 8.97. The van der Waals surface area contributed by atoms with Gasteiger partial charge in [-0.1, -0.05) is 30.3 Å². The van der Waals surface area contributed by atoms with Crippen molar-refractivity contribution >= 4 is 17.7 Å². The molecule has 0 aliphatic heterocycles. The van der Waals surface area contributed by atoms with Gasteiger partial charge in [-0.05, 0) is 17.7 Å². The molecule has 0 radical (unpaired) electrons. The fraction of sp³-hybridized carbons (Fsp3) is 0.462. The molecule has 5 heteroatoms.